The third-order valence-electron chi connectivity index (χ3n) is 7.00. The molecule has 4 aromatic carbocycles. The number of hydrogen-bond acceptors (Lipinski definition) is 6. The van der Waals surface area contributed by atoms with Gasteiger partial charge in [0.25, 0.3) is 0 Å². The Morgan fingerprint density at radius 1 is 0.474 bits per heavy atom. The van der Waals surface area contributed by atoms with Crippen LogP contribution in [0.15, 0.2) is 109 Å². The molecule has 18 heteroatoms. The molecule has 0 aliphatic carbocycles. The fourth-order valence-corrected chi connectivity index (χ4v) is 4.28. The third-order valence-corrected chi connectivity index (χ3v) is 7.00. The molecule has 0 aliphatic rings. The van der Waals surface area contributed by atoms with Crippen LogP contribution in [-0.2, 0) is 21.8 Å². The van der Waals surface area contributed by atoms with E-state index in [0.717, 1.165) is 48.6 Å². The topological polar surface area (TPSA) is 112 Å². The van der Waals surface area contributed by atoms with Gasteiger partial charge < -0.3 is 29.2 Å². The number of rotatable bonds is 17. The largest absolute Gasteiger partial charge is 0.494 e. The standard InChI is InChI=1S/C20H17F5O4.C19H15F5O4/c21-19(22,23)12-1-13-28-16-9-5-15(6-10-16)20(24,25)29-17-7-2-14(3-8-17)4-11-18(26)27;20-18(21,22)11-12-27-15-8-4-14(5-9-15)19(23,24)28-16-6-1-13(2-7-16)3-10-17(25)26/h2-11H,1,12-13H2,(H,26,27);1-10H,11-12H2,(H,25,26)/b11-4+;10-3+. The Bertz CT molecular complexity index is 1920. The van der Waals surface area contributed by atoms with Gasteiger partial charge in [0.15, 0.2) is 0 Å². The number of halogens is 10. The molecule has 0 heterocycles. The molecule has 0 saturated carbocycles. The van der Waals surface area contributed by atoms with Crippen LogP contribution < -0.4 is 18.9 Å². The van der Waals surface area contributed by atoms with E-state index in [0.29, 0.717) is 11.1 Å². The van der Waals surface area contributed by atoms with E-state index in [2.05, 4.69) is 4.74 Å². The smallest absolute Gasteiger partial charge is 0.426 e. The summed E-state index contributed by atoms with van der Waals surface area (Å²) in [7, 11) is 0. The zero-order chi connectivity index (χ0) is 42.3. The van der Waals surface area contributed by atoms with E-state index in [1.807, 2.05) is 0 Å². The van der Waals surface area contributed by atoms with E-state index in [1.54, 1.807) is 0 Å². The molecule has 306 valence electrons. The van der Waals surface area contributed by atoms with Crippen molar-refractivity contribution in [2.75, 3.05) is 13.2 Å². The Morgan fingerprint density at radius 3 is 1.14 bits per heavy atom. The normalized spacial score (nSPS) is 12.2. The highest BCUT2D eigenvalue weighted by molar-refractivity contribution is 5.85. The lowest BCUT2D eigenvalue weighted by atomic mass is 10.2. The van der Waals surface area contributed by atoms with Crippen molar-refractivity contribution in [3.8, 4) is 23.0 Å². The second-order valence-electron chi connectivity index (χ2n) is 11.5. The molecule has 0 spiro atoms. The Morgan fingerprint density at radius 2 is 0.807 bits per heavy atom. The van der Waals surface area contributed by atoms with Gasteiger partial charge >= 0.3 is 36.5 Å². The maximum Gasteiger partial charge on any atom is 0.426 e. The molecule has 0 aromatic heterocycles. The summed E-state index contributed by atoms with van der Waals surface area (Å²) in [6.45, 7) is -0.799. The summed E-state index contributed by atoms with van der Waals surface area (Å²) in [5, 5.41) is 17.1. The van der Waals surface area contributed by atoms with Gasteiger partial charge in [-0.15, -0.1) is 0 Å². The molecule has 8 nitrogen and oxygen atoms in total. The Labute approximate surface area is 318 Å². The fraction of sp³-hybridized carbons (Fsp3) is 0.231. The second kappa shape index (κ2) is 20.1. The lowest BCUT2D eigenvalue weighted by Crippen LogP contribution is -2.21. The molecule has 2 N–H and O–H groups in total. The average molecular weight is 819 g/mol. The van der Waals surface area contributed by atoms with E-state index in [9.17, 15) is 53.5 Å². The molecule has 0 radical (unpaired) electrons. The van der Waals surface area contributed by atoms with Crippen LogP contribution in [-0.4, -0.2) is 47.7 Å². The van der Waals surface area contributed by atoms with Gasteiger partial charge in [0.05, 0.1) is 30.8 Å². The first kappa shape index (κ1) is 45.2. The molecule has 0 aliphatic heterocycles. The number of hydrogen-bond donors (Lipinski definition) is 2. The first-order chi connectivity index (χ1) is 26.6. The van der Waals surface area contributed by atoms with Crippen molar-refractivity contribution >= 4 is 24.1 Å². The van der Waals surface area contributed by atoms with Crippen molar-refractivity contribution in [1.29, 1.82) is 0 Å². The SMILES string of the molecule is O=C(O)/C=C/c1ccc(OC(F)(F)c2ccc(OCCC(F)(F)F)cc2)cc1.O=C(O)/C=C/c1ccc(OC(F)(F)c2ccc(OCCCC(F)(F)F)cc2)cc1. The average Bonchev–Trinajstić information content (AvgIpc) is 3.12. The molecular weight excluding hydrogens is 786 g/mol. The summed E-state index contributed by atoms with van der Waals surface area (Å²) in [4.78, 5) is 20.9. The van der Waals surface area contributed by atoms with E-state index < -0.39 is 67.1 Å². The van der Waals surface area contributed by atoms with Crippen LogP contribution in [0.5, 0.6) is 23.0 Å². The minimum Gasteiger partial charge on any atom is -0.494 e. The van der Waals surface area contributed by atoms with Gasteiger partial charge in [-0.1, -0.05) is 24.3 Å². The molecule has 0 bridgehead atoms. The molecule has 0 atom stereocenters. The van der Waals surface area contributed by atoms with Crippen LogP contribution in [0.2, 0.25) is 0 Å². The number of ether oxygens (including phenoxy) is 4. The summed E-state index contributed by atoms with van der Waals surface area (Å²) in [6, 6.07) is 19.5. The number of carbonyl (C=O) groups is 2. The van der Waals surface area contributed by atoms with Gasteiger partial charge in [0.2, 0.25) is 0 Å². The predicted molar refractivity (Wildman–Crippen MR) is 185 cm³/mol. The number of alkyl halides is 10. The van der Waals surface area contributed by atoms with Crippen LogP contribution in [0, 0.1) is 0 Å². The van der Waals surface area contributed by atoms with Crippen LogP contribution >= 0.6 is 0 Å². The lowest BCUT2D eigenvalue weighted by Gasteiger charge is -2.18. The van der Waals surface area contributed by atoms with E-state index >= 15 is 0 Å². The van der Waals surface area contributed by atoms with Crippen molar-refractivity contribution < 1.29 is 82.7 Å². The first-order valence-corrected chi connectivity index (χ1v) is 16.4. The zero-order valence-electron chi connectivity index (χ0n) is 29.2. The quantitative estimate of drug-likeness (QED) is 0.0615. The number of benzene rings is 4. The van der Waals surface area contributed by atoms with Gasteiger partial charge in [-0.25, -0.2) is 9.59 Å². The maximum absolute atomic E-state index is 14.3. The number of carboxylic acids is 2. The predicted octanol–water partition coefficient (Wildman–Crippen LogP) is 10.9. The molecule has 0 unspecified atom stereocenters. The third kappa shape index (κ3) is 17.4. The zero-order valence-corrected chi connectivity index (χ0v) is 29.2. The summed E-state index contributed by atoms with van der Waals surface area (Å²) in [5.74, 6) is -2.36. The Kier molecular flexibility index (Phi) is 15.9. The molecule has 0 fully saturated rings. The summed E-state index contributed by atoms with van der Waals surface area (Å²) >= 11 is 0. The summed E-state index contributed by atoms with van der Waals surface area (Å²) in [6.07, 6.45) is -13.9. The Hall–Kier alpha value is -6.20. The second-order valence-corrected chi connectivity index (χ2v) is 11.5. The van der Waals surface area contributed by atoms with E-state index in [-0.39, 0.29) is 36.0 Å². The highest BCUT2D eigenvalue weighted by Crippen LogP contribution is 2.34. The van der Waals surface area contributed by atoms with Crippen molar-refractivity contribution in [2.24, 2.45) is 0 Å². The molecule has 0 saturated heterocycles. The van der Waals surface area contributed by atoms with Gasteiger partial charge in [0, 0.05) is 18.6 Å². The molecule has 4 rings (SSSR count). The van der Waals surface area contributed by atoms with Crippen molar-refractivity contribution in [3.05, 3.63) is 131 Å². The van der Waals surface area contributed by atoms with Crippen LogP contribution in [0.25, 0.3) is 12.2 Å². The maximum atomic E-state index is 14.3. The molecule has 0 amide bonds. The minimum absolute atomic E-state index is 0.0263. The van der Waals surface area contributed by atoms with E-state index in [4.69, 9.17) is 24.4 Å². The molecular formula is C39H32F10O8. The van der Waals surface area contributed by atoms with Crippen LogP contribution in [0.1, 0.15) is 41.5 Å². The highest BCUT2D eigenvalue weighted by Gasteiger charge is 2.35. The van der Waals surface area contributed by atoms with Crippen LogP contribution in [0.4, 0.5) is 43.9 Å². The monoisotopic (exact) mass is 818 g/mol. The summed E-state index contributed by atoms with van der Waals surface area (Å²) in [5.41, 5.74) is 0.00836. The van der Waals surface area contributed by atoms with Crippen LogP contribution in [0.3, 0.4) is 0 Å². The lowest BCUT2D eigenvalue weighted by molar-refractivity contribution is -0.186. The minimum atomic E-state index is -4.36. The summed E-state index contributed by atoms with van der Waals surface area (Å²) < 4.78 is 149. The number of aliphatic carboxylic acids is 2. The van der Waals surface area contributed by atoms with Gasteiger partial charge in [0.1, 0.15) is 23.0 Å². The van der Waals surface area contributed by atoms with Crippen molar-refractivity contribution in [2.45, 2.75) is 43.8 Å². The molecule has 57 heavy (non-hydrogen) atoms. The fourth-order valence-electron chi connectivity index (χ4n) is 4.28. The Balaban J connectivity index is 0.000000306. The molecule has 4 aromatic rings. The van der Waals surface area contributed by atoms with Crippen molar-refractivity contribution in [3.63, 3.8) is 0 Å². The highest BCUT2D eigenvalue weighted by atomic mass is 19.4. The van der Waals surface area contributed by atoms with Gasteiger partial charge in [-0.3, -0.25) is 0 Å². The first-order valence-electron chi connectivity index (χ1n) is 16.4. The number of carboxylic acid groups (broad SMARTS) is 2. The van der Waals surface area contributed by atoms with Crippen molar-refractivity contribution in [1.82, 2.24) is 0 Å². The van der Waals surface area contributed by atoms with E-state index in [1.165, 1.54) is 72.8 Å². The van der Waals surface area contributed by atoms with Gasteiger partial charge in [-0.2, -0.15) is 43.9 Å². The van der Waals surface area contributed by atoms with Gasteiger partial charge in [-0.05, 0) is 102 Å².